The number of hydrogen-bond acceptors (Lipinski definition) is 4. The fourth-order valence-corrected chi connectivity index (χ4v) is 3.95. The first kappa shape index (κ1) is 23.6. The maximum Gasteiger partial charge on any atom is 0.327 e. The third kappa shape index (κ3) is 5.55. The monoisotopic (exact) mass is 379 g/mol. The number of carbonyl (C=O) groups is 1. The van der Waals surface area contributed by atoms with Crippen LogP contribution in [0, 0.1) is 10.8 Å². The number of carbonyl (C=O) groups excluding carboxylic acids is 1. The molecule has 0 saturated heterocycles. The van der Waals surface area contributed by atoms with Crippen molar-refractivity contribution >= 4 is 6.03 Å². The van der Waals surface area contributed by atoms with Crippen LogP contribution in [-0.2, 0) is 0 Å². The lowest BCUT2D eigenvalue weighted by Gasteiger charge is -2.56. The first-order valence-corrected chi connectivity index (χ1v) is 9.75. The van der Waals surface area contributed by atoms with Crippen LogP contribution in [0.5, 0.6) is 0 Å². The number of hydrogen-bond donors (Lipinski definition) is 3. The molecule has 156 valence electrons. The summed E-state index contributed by atoms with van der Waals surface area (Å²) in [5, 5.41) is 10.2. The second-order valence-corrected chi connectivity index (χ2v) is 10.6. The van der Waals surface area contributed by atoms with Gasteiger partial charge in [0.05, 0.1) is 5.66 Å². The number of aromatic nitrogens is 2. The fourth-order valence-electron chi connectivity index (χ4n) is 3.95. The Balaban J connectivity index is 3.00. The molecule has 0 bridgehead atoms. The molecule has 0 radical (unpaired) electrons. The summed E-state index contributed by atoms with van der Waals surface area (Å²) in [7, 11) is 1.97. The summed E-state index contributed by atoms with van der Waals surface area (Å²) >= 11 is 0. The van der Waals surface area contributed by atoms with Gasteiger partial charge in [0.2, 0.25) is 0 Å². The van der Waals surface area contributed by atoms with Crippen LogP contribution >= 0.6 is 0 Å². The molecule has 0 aromatic carbocycles. The van der Waals surface area contributed by atoms with E-state index in [9.17, 15) is 4.79 Å². The molecule has 0 fully saturated rings. The SMILES string of the molecule is CNC(C)(C)NC(C)(C)C(C)(C)C(C)(C)CC(C)(C)NC(=O)n1ccnc1. The van der Waals surface area contributed by atoms with Crippen molar-refractivity contribution in [1.29, 1.82) is 0 Å². The van der Waals surface area contributed by atoms with Crippen LogP contribution in [0.4, 0.5) is 4.79 Å². The molecule has 0 aliphatic heterocycles. The van der Waals surface area contributed by atoms with Crippen LogP contribution in [0.1, 0.15) is 75.7 Å². The number of rotatable bonds is 8. The van der Waals surface area contributed by atoms with E-state index in [2.05, 4.69) is 90.2 Å². The number of nitrogens with zero attached hydrogens (tertiary/aromatic N) is 2. The van der Waals surface area contributed by atoms with E-state index >= 15 is 0 Å². The van der Waals surface area contributed by atoms with E-state index in [1.54, 1.807) is 12.4 Å². The van der Waals surface area contributed by atoms with E-state index < -0.39 is 0 Å². The Morgan fingerprint density at radius 1 is 1.00 bits per heavy atom. The zero-order valence-corrected chi connectivity index (χ0v) is 19.2. The van der Waals surface area contributed by atoms with Crippen molar-refractivity contribution in [1.82, 2.24) is 25.5 Å². The van der Waals surface area contributed by atoms with Crippen molar-refractivity contribution in [2.24, 2.45) is 10.8 Å². The van der Waals surface area contributed by atoms with Crippen LogP contribution in [-0.4, -0.2) is 39.4 Å². The standard InChI is InChI=1S/C21H41N5O/c1-17(2,19(5,6)20(7,8)25-21(9,10)22-11)14-18(3,4)24-16(27)26-13-12-23-15-26/h12-13,15,22,25H,14H2,1-11H3,(H,24,27). The maximum absolute atomic E-state index is 12.5. The quantitative estimate of drug-likeness (QED) is 0.597. The Hall–Kier alpha value is -1.40. The average molecular weight is 380 g/mol. The van der Waals surface area contributed by atoms with Gasteiger partial charge in [0.25, 0.3) is 0 Å². The molecule has 0 saturated carbocycles. The molecule has 0 unspecified atom stereocenters. The van der Waals surface area contributed by atoms with Gasteiger partial charge >= 0.3 is 6.03 Å². The second kappa shape index (κ2) is 7.55. The molecule has 0 spiro atoms. The lowest BCUT2D eigenvalue weighted by atomic mass is 9.55. The smallest absolute Gasteiger partial charge is 0.327 e. The zero-order chi connectivity index (χ0) is 21.3. The molecular formula is C21H41N5O. The minimum Gasteiger partial charge on any atom is -0.332 e. The van der Waals surface area contributed by atoms with Crippen molar-refractivity contribution in [3.63, 3.8) is 0 Å². The Labute approximate surface area is 165 Å². The summed E-state index contributed by atoms with van der Waals surface area (Å²) < 4.78 is 1.47. The van der Waals surface area contributed by atoms with Crippen LogP contribution in [0.2, 0.25) is 0 Å². The molecular weight excluding hydrogens is 338 g/mol. The number of amides is 1. The van der Waals surface area contributed by atoms with Crippen LogP contribution in [0.25, 0.3) is 0 Å². The summed E-state index contributed by atoms with van der Waals surface area (Å²) in [6.07, 6.45) is 5.62. The Kier molecular flexibility index (Phi) is 6.61. The van der Waals surface area contributed by atoms with Gasteiger partial charge in [0.15, 0.2) is 0 Å². The molecule has 0 atom stereocenters. The Bertz CT molecular complexity index is 627. The molecule has 1 aromatic heterocycles. The lowest BCUT2D eigenvalue weighted by molar-refractivity contribution is -0.0225. The third-order valence-corrected chi connectivity index (χ3v) is 6.57. The van der Waals surface area contributed by atoms with Crippen molar-refractivity contribution < 1.29 is 4.79 Å². The highest BCUT2D eigenvalue weighted by Crippen LogP contribution is 2.50. The minimum atomic E-state index is -0.364. The summed E-state index contributed by atoms with van der Waals surface area (Å²) in [5.74, 6) is 0. The number of nitrogens with one attached hydrogen (secondary N) is 3. The Morgan fingerprint density at radius 2 is 1.56 bits per heavy atom. The van der Waals surface area contributed by atoms with Crippen LogP contribution in [0.3, 0.4) is 0 Å². The lowest BCUT2D eigenvalue weighted by Crippen LogP contribution is -2.67. The highest BCUT2D eigenvalue weighted by Gasteiger charge is 2.51. The summed E-state index contributed by atoms with van der Waals surface area (Å²) in [4.78, 5) is 16.4. The molecule has 1 heterocycles. The van der Waals surface area contributed by atoms with Crippen molar-refractivity contribution in [3.8, 4) is 0 Å². The number of imidazole rings is 1. The van der Waals surface area contributed by atoms with Crippen molar-refractivity contribution in [2.45, 2.75) is 92.4 Å². The average Bonchev–Trinajstić information content (AvgIpc) is 2.98. The van der Waals surface area contributed by atoms with Gasteiger partial charge in [-0.25, -0.2) is 9.78 Å². The zero-order valence-electron chi connectivity index (χ0n) is 19.2. The minimum absolute atomic E-state index is 0.0565. The van der Waals surface area contributed by atoms with Gasteiger partial charge in [-0.15, -0.1) is 0 Å². The summed E-state index contributed by atoms with van der Waals surface area (Å²) in [5.41, 5.74) is -0.809. The molecule has 6 nitrogen and oxygen atoms in total. The van der Waals surface area contributed by atoms with E-state index in [-0.39, 0.29) is 33.6 Å². The molecule has 3 N–H and O–H groups in total. The van der Waals surface area contributed by atoms with Gasteiger partial charge in [-0.05, 0) is 65.8 Å². The highest BCUT2D eigenvalue weighted by atomic mass is 16.2. The van der Waals surface area contributed by atoms with Gasteiger partial charge in [-0.1, -0.05) is 27.7 Å². The van der Waals surface area contributed by atoms with Gasteiger partial charge in [0.1, 0.15) is 6.33 Å². The molecule has 0 aliphatic carbocycles. The maximum atomic E-state index is 12.5. The highest BCUT2D eigenvalue weighted by molar-refractivity contribution is 5.77. The normalized spacial score (nSPS) is 14.3. The predicted octanol–water partition coefficient (Wildman–Crippen LogP) is 3.99. The van der Waals surface area contributed by atoms with Crippen LogP contribution < -0.4 is 16.0 Å². The van der Waals surface area contributed by atoms with Crippen molar-refractivity contribution in [2.75, 3.05) is 7.05 Å². The third-order valence-electron chi connectivity index (χ3n) is 6.57. The molecule has 6 heteroatoms. The van der Waals surface area contributed by atoms with E-state index in [0.717, 1.165) is 6.42 Å². The second-order valence-electron chi connectivity index (χ2n) is 10.6. The largest absolute Gasteiger partial charge is 0.332 e. The summed E-state index contributed by atoms with van der Waals surface area (Å²) in [6.45, 7) is 22.1. The predicted molar refractivity (Wildman–Crippen MR) is 113 cm³/mol. The van der Waals surface area contributed by atoms with Gasteiger partial charge in [-0.2, -0.15) is 0 Å². The van der Waals surface area contributed by atoms with E-state index in [1.807, 2.05) is 7.05 Å². The van der Waals surface area contributed by atoms with E-state index in [1.165, 1.54) is 10.9 Å². The van der Waals surface area contributed by atoms with E-state index in [0.29, 0.717) is 0 Å². The van der Waals surface area contributed by atoms with Gasteiger partial charge in [0, 0.05) is 23.5 Å². The van der Waals surface area contributed by atoms with Crippen molar-refractivity contribution in [3.05, 3.63) is 18.7 Å². The topological polar surface area (TPSA) is 71.0 Å². The van der Waals surface area contributed by atoms with Gasteiger partial charge in [-0.3, -0.25) is 9.88 Å². The molecule has 1 aromatic rings. The fraction of sp³-hybridized carbons (Fsp3) is 0.810. The first-order chi connectivity index (χ1) is 12.0. The van der Waals surface area contributed by atoms with Crippen LogP contribution in [0.15, 0.2) is 18.7 Å². The molecule has 1 rings (SSSR count). The summed E-state index contributed by atoms with van der Waals surface area (Å²) in [6, 6.07) is -0.153. The van der Waals surface area contributed by atoms with E-state index in [4.69, 9.17) is 0 Å². The molecule has 27 heavy (non-hydrogen) atoms. The molecule has 0 aliphatic rings. The van der Waals surface area contributed by atoms with Gasteiger partial charge < -0.3 is 10.6 Å². The molecule has 1 amide bonds. The Morgan fingerprint density at radius 3 is 2.00 bits per heavy atom. The first-order valence-electron chi connectivity index (χ1n) is 9.75.